The molecule has 2 aromatic heterocycles. The lowest BCUT2D eigenvalue weighted by Gasteiger charge is -2.41. The Morgan fingerprint density at radius 2 is 2.04 bits per heavy atom. The number of likely N-dealkylation sites (tertiary alicyclic amines) is 2. The van der Waals surface area contributed by atoms with Crippen LogP contribution >= 0.6 is 0 Å². The number of pyridine rings is 1. The van der Waals surface area contributed by atoms with E-state index in [1.807, 2.05) is 29.4 Å². The number of hydrogen-bond donors (Lipinski definition) is 0. The van der Waals surface area contributed by atoms with Crippen molar-refractivity contribution in [1.82, 2.24) is 25.0 Å². The zero-order valence-corrected chi connectivity index (χ0v) is 14.9. The average Bonchev–Trinajstić information content (AvgIpc) is 3.11. The van der Waals surface area contributed by atoms with Gasteiger partial charge in [-0.2, -0.15) is 10.2 Å². The number of rotatable bonds is 4. The molecule has 0 spiro atoms. The molecule has 4 heterocycles. The molecule has 26 heavy (non-hydrogen) atoms. The van der Waals surface area contributed by atoms with Crippen LogP contribution in [-0.2, 0) is 11.3 Å². The second-order valence-electron chi connectivity index (χ2n) is 6.97. The number of fused-ring (bicyclic) bond motifs is 1. The topological polar surface area (TPSA) is 71.5 Å². The first-order valence-electron chi connectivity index (χ1n) is 8.98. The van der Waals surface area contributed by atoms with Crippen molar-refractivity contribution in [2.24, 2.45) is 5.92 Å². The van der Waals surface area contributed by atoms with Gasteiger partial charge in [0, 0.05) is 51.6 Å². The van der Waals surface area contributed by atoms with E-state index in [0.717, 1.165) is 26.1 Å². The third-order valence-corrected chi connectivity index (χ3v) is 5.49. The summed E-state index contributed by atoms with van der Waals surface area (Å²) in [6.45, 7) is 3.37. The lowest BCUT2D eigenvalue weighted by molar-refractivity contribution is -0.0157. The van der Waals surface area contributed by atoms with Gasteiger partial charge in [-0.15, -0.1) is 0 Å². The van der Waals surface area contributed by atoms with E-state index in [-0.39, 0.29) is 18.1 Å². The summed E-state index contributed by atoms with van der Waals surface area (Å²) in [5.41, 5.74) is 1.84. The van der Waals surface area contributed by atoms with E-state index in [0.29, 0.717) is 18.0 Å². The second-order valence-corrected chi connectivity index (χ2v) is 6.97. The molecular formula is C19H23N5O2. The van der Waals surface area contributed by atoms with Crippen LogP contribution in [0.25, 0.3) is 0 Å². The third kappa shape index (κ3) is 3.32. The molecule has 0 N–H and O–H groups in total. The van der Waals surface area contributed by atoms with E-state index in [9.17, 15) is 4.79 Å². The summed E-state index contributed by atoms with van der Waals surface area (Å²) in [5.74, 6) is 0.365. The Morgan fingerprint density at radius 1 is 1.19 bits per heavy atom. The van der Waals surface area contributed by atoms with Crippen molar-refractivity contribution in [2.45, 2.75) is 25.1 Å². The molecule has 0 aliphatic carbocycles. The summed E-state index contributed by atoms with van der Waals surface area (Å²) in [7, 11) is 1.78. The molecule has 0 radical (unpaired) electrons. The number of carbonyl (C=O) groups excluding carboxylic acids is 1. The molecule has 2 aliphatic heterocycles. The normalized spacial score (nSPS) is 25.9. The lowest BCUT2D eigenvalue weighted by Crippen LogP contribution is -2.53. The van der Waals surface area contributed by atoms with Gasteiger partial charge in [0.2, 0.25) is 0 Å². The molecule has 0 unspecified atom stereocenters. The van der Waals surface area contributed by atoms with Crippen molar-refractivity contribution in [3.8, 4) is 0 Å². The Kier molecular flexibility index (Phi) is 4.90. The highest BCUT2D eigenvalue weighted by atomic mass is 16.5. The summed E-state index contributed by atoms with van der Waals surface area (Å²) >= 11 is 0. The van der Waals surface area contributed by atoms with Crippen molar-refractivity contribution in [3.05, 3.63) is 54.1 Å². The van der Waals surface area contributed by atoms with Gasteiger partial charge in [0.25, 0.3) is 5.91 Å². The number of methoxy groups -OCH3 is 1. The van der Waals surface area contributed by atoms with Crippen LogP contribution in [0.2, 0.25) is 0 Å². The van der Waals surface area contributed by atoms with E-state index >= 15 is 0 Å². The van der Waals surface area contributed by atoms with Gasteiger partial charge < -0.3 is 9.64 Å². The lowest BCUT2D eigenvalue weighted by atomic mass is 9.88. The van der Waals surface area contributed by atoms with E-state index in [1.54, 1.807) is 25.6 Å². The zero-order valence-electron chi connectivity index (χ0n) is 14.9. The first-order valence-corrected chi connectivity index (χ1v) is 8.98. The van der Waals surface area contributed by atoms with Gasteiger partial charge in [0.15, 0.2) is 0 Å². The highest BCUT2D eigenvalue weighted by Crippen LogP contribution is 2.34. The van der Waals surface area contributed by atoms with Gasteiger partial charge in [-0.05, 0) is 30.2 Å². The molecule has 1 amide bonds. The van der Waals surface area contributed by atoms with Crippen molar-refractivity contribution >= 4 is 5.91 Å². The monoisotopic (exact) mass is 353 g/mol. The molecule has 2 aromatic rings. The molecule has 136 valence electrons. The molecule has 7 nitrogen and oxygen atoms in total. The van der Waals surface area contributed by atoms with Gasteiger partial charge in [0.1, 0.15) is 0 Å². The van der Waals surface area contributed by atoms with Crippen LogP contribution in [-0.4, -0.2) is 69.8 Å². The Balaban J connectivity index is 1.53. The van der Waals surface area contributed by atoms with Crippen molar-refractivity contribution in [1.29, 1.82) is 0 Å². The minimum atomic E-state index is 0.0372. The molecular weight excluding hydrogens is 330 g/mol. The molecule has 0 aromatic carbocycles. The van der Waals surface area contributed by atoms with Gasteiger partial charge >= 0.3 is 0 Å². The molecule has 2 aliphatic rings. The van der Waals surface area contributed by atoms with Crippen LogP contribution < -0.4 is 0 Å². The largest absolute Gasteiger partial charge is 0.381 e. The number of piperidine rings is 1. The average molecular weight is 353 g/mol. The maximum atomic E-state index is 13.0. The minimum Gasteiger partial charge on any atom is -0.381 e. The zero-order chi connectivity index (χ0) is 17.9. The Hall–Kier alpha value is -2.38. The number of amides is 1. The highest BCUT2D eigenvalue weighted by molar-refractivity contribution is 5.94. The Labute approximate surface area is 153 Å². The molecule has 2 saturated heterocycles. The van der Waals surface area contributed by atoms with Crippen molar-refractivity contribution < 1.29 is 9.53 Å². The van der Waals surface area contributed by atoms with Gasteiger partial charge in [-0.1, -0.05) is 0 Å². The van der Waals surface area contributed by atoms with E-state index < -0.39 is 0 Å². The molecule has 0 bridgehead atoms. The third-order valence-electron chi connectivity index (χ3n) is 5.49. The Bertz CT molecular complexity index is 742. The van der Waals surface area contributed by atoms with Crippen LogP contribution in [0.3, 0.4) is 0 Å². The van der Waals surface area contributed by atoms with Crippen LogP contribution in [0, 0.1) is 5.92 Å². The fourth-order valence-corrected chi connectivity index (χ4v) is 4.24. The maximum Gasteiger partial charge on any atom is 0.255 e. The number of nitrogens with zero attached hydrogens (tertiary/aromatic N) is 5. The molecule has 3 atom stereocenters. The molecule has 4 rings (SSSR count). The fourth-order valence-electron chi connectivity index (χ4n) is 4.24. The van der Waals surface area contributed by atoms with Crippen molar-refractivity contribution in [2.75, 3.05) is 26.7 Å². The fraction of sp³-hybridized carbons (Fsp3) is 0.474. The minimum absolute atomic E-state index is 0.0372. The number of carbonyl (C=O) groups is 1. The highest BCUT2D eigenvalue weighted by Gasteiger charge is 2.46. The predicted octanol–water partition coefficient (Wildman–Crippen LogP) is 1.23. The van der Waals surface area contributed by atoms with E-state index in [2.05, 4.69) is 20.1 Å². The van der Waals surface area contributed by atoms with Gasteiger partial charge in [-0.25, -0.2) is 0 Å². The summed E-state index contributed by atoms with van der Waals surface area (Å²) in [6, 6.07) is 5.98. The summed E-state index contributed by atoms with van der Waals surface area (Å²) in [5, 5.41) is 7.62. The van der Waals surface area contributed by atoms with Gasteiger partial charge in [-0.3, -0.25) is 14.7 Å². The number of hydrogen-bond acceptors (Lipinski definition) is 6. The summed E-state index contributed by atoms with van der Waals surface area (Å²) in [6.07, 6.45) is 7.82. The maximum absolute atomic E-state index is 13.0. The van der Waals surface area contributed by atoms with Gasteiger partial charge in [0.05, 0.1) is 30.1 Å². The van der Waals surface area contributed by atoms with Crippen LogP contribution in [0.4, 0.5) is 0 Å². The predicted molar refractivity (Wildman–Crippen MR) is 95.3 cm³/mol. The molecule has 0 saturated carbocycles. The van der Waals surface area contributed by atoms with Crippen molar-refractivity contribution in [3.63, 3.8) is 0 Å². The smallest absolute Gasteiger partial charge is 0.255 e. The van der Waals surface area contributed by atoms with Crippen LogP contribution in [0.15, 0.2) is 43.0 Å². The summed E-state index contributed by atoms with van der Waals surface area (Å²) in [4.78, 5) is 21.5. The van der Waals surface area contributed by atoms with Crippen LogP contribution in [0.1, 0.15) is 22.3 Å². The van der Waals surface area contributed by atoms with E-state index in [4.69, 9.17) is 4.74 Å². The first-order chi connectivity index (χ1) is 12.8. The quantitative estimate of drug-likeness (QED) is 0.823. The standard InChI is InChI=1S/C19H23N5O2/c1-26-18-5-9-24(19(25)15-4-8-21-22-10-15)17-13-23(12-16(17)18)11-14-2-6-20-7-3-14/h2-4,6-8,10,16-18H,5,9,11-13H2,1H3/t16-,17+,18+/m0/s1. The molecule has 7 heteroatoms. The second kappa shape index (κ2) is 7.47. The SMILES string of the molecule is CO[C@@H]1CCN(C(=O)c2ccnnc2)[C@@H]2CN(Cc3ccncc3)C[C@@H]21. The number of aromatic nitrogens is 3. The summed E-state index contributed by atoms with van der Waals surface area (Å²) < 4.78 is 5.74. The number of ether oxygens (including phenoxy) is 1. The first kappa shape index (κ1) is 17.1. The molecule has 2 fully saturated rings. The Morgan fingerprint density at radius 3 is 2.77 bits per heavy atom. The van der Waals surface area contributed by atoms with E-state index in [1.165, 1.54) is 5.56 Å². The van der Waals surface area contributed by atoms with Crippen LogP contribution in [0.5, 0.6) is 0 Å².